The lowest BCUT2D eigenvalue weighted by molar-refractivity contribution is -0.121. The van der Waals surface area contributed by atoms with E-state index in [-0.39, 0.29) is 11.9 Å². The van der Waals surface area contributed by atoms with Crippen LogP contribution in [0.15, 0.2) is 12.4 Å². The molecule has 1 unspecified atom stereocenters. The highest BCUT2D eigenvalue weighted by Crippen LogP contribution is 2.07. The first-order valence-electron chi connectivity index (χ1n) is 6.88. The molecule has 0 aliphatic carbocycles. The van der Waals surface area contributed by atoms with Gasteiger partial charge in [-0.2, -0.15) is 0 Å². The Morgan fingerprint density at radius 2 is 2.05 bits per heavy atom. The highest BCUT2D eigenvalue weighted by molar-refractivity contribution is 5.83. The first kappa shape index (κ1) is 15.4. The second-order valence-electron chi connectivity index (χ2n) is 5.15. The van der Waals surface area contributed by atoms with Gasteiger partial charge in [0.05, 0.1) is 0 Å². The van der Waals surface area contributed by atoms with Crippen molar-refractivity contribution in [1.29, 1.82) is 0 Å². The summed E-state index contributed by atoms with van der Waals surface area (Å²) in [6.07, 6.45) is 3.50. The van der Waals surface area contributed by atoms with E-state index in [0.717, 1.165) is 18.5 Å². The first-order valence-corrected chi connectivity index (χ1v) is 6.88. The number of nitrogens with zero attached hydrogens (tertiary/aromatic N) is 2. The normalized spacial score (nSPS) is 12.3. The van der Waals surface area contributed by atoms with Gasteiger partial charge in [0.1, 0.15) is 18.2 Å². The summed E-state index contributed by atoms with van der Waals surface area (Å²) in [5.41, 5.74) is 0.995. The van der Waals surface area contributed by atoms with Gasteiger partial charge in [-0.15, -0.1) is 0 Å². The van der Waals surface area contributed by atoms with Crippen molar-refractivity contribution in [1.82, 2.24) is 15.3 Å². The molecule has 106 valence electrons. The van der Waals surface area contributed by atoms with Crippen LogP contribution in [0.3, 0.4) is 0 Å². The topological polar surface area (TPSA) is 66.9 Å². The predicted molar refractivity (Wildman–Crippen MR) is 77.0 cm³/mol. The minimum atomic E-state index is -0.303. The van der Waals surface area contributed by atoms with Crippen molar-refractivity contribution in [3.05, 3.63) is 18.1 Å². The SMILES string of the molecule is CCCc1cc(NC(C)C(=O)NCC(C)C)ncn1. The molecule has 1 heterocycles. The fourth-order valence-electron chi connectivity index (χ4n) is 1.61. The predicted octanol–water partition coefficient (Wildman–Crippen LogP) is 2.00. The Kier molecular flexibility index (Phi) is 6.25. The molecule has 1 atom stereocenters. The summed E-state index contributed by atoms with van der Waals surface area (Å²) in [6, 6.07) is 1.60. The number of anilines is 1. The van der Waals surface area contributed by atoms with Crippen LogP contribution in [0.4, 0.5) is 5.82 Å². The molecule has 0 saturated heterocycles. The van der Waals surface area contributed by atoms with E-state index in [0.29, 0.717) is 18.3 Å². The number of aryl methyl sites for hydroxylation is 1. The quantitative estimate of drug-likeness (QED) is 0.790. The molecule has 1 aromatic rings. The van der Waals surface area contributed by atoms with Crippen molar-refractivity contribution in [2.45, 2.75) is 46.6 Å². The summed E-state index contributed by atoms with van der Waals surface area (Å²) >= 11 is 0. The molecule has 1 aromatic heterocycles. The molecule has 1 amide bonds. The molecular formula is C14H24N4O. The van der Waals surface area contributed by atoms with Gasteiger partial charge in [0.2, 0.25) is 5.91 Å². The fraction of sp³-hybridized carbons (Fsp3) is 0.643. The van der Waals surface area contributed by atoms with Crippen molar-refractivity contribution in [3.63, 3.8) is 0 Å². The van der Waals surface area contributed by atoms with Crippen LogP contribution in [0.25, 0.3) is 0 Å². The standard InChI is InChI=1S/C14H24N4O/c1-5-6-12-7-13(17-9-16-12)18-11(4)14(19)15-8-10(2)3/h7,9-11H,5-6,8H2,1-4H3,(H,15,19)(H,16,17,18). The van der Waals surface area contributed by atoms with Crippen LogP contribution in [-0.2, 0) is 11.2 Å². The molecule has 1 rings (SSSR count). The van der Waals surface area contributed by atoms with Gasteiger partial charge in [-0.3, -0.25) is 4.79 Å². The van der Waals surface area contributed by atoms with Crippen molar-refractivity contribution < 1.29 is 4.79 Å². The van der Waals surface area contributed by atoms with Gasteiger partial charge >= 0.3 is 0 Å². The number of carbonyl (C=O) groups excluding carboxylic acids is 1. The summed E-state index contributed by atoms with van der Waals surface area (Å²) < 4.78 is 0. The minimum Gasteiger partial charge on any atom is -0.359 e. The number of aromatic nitrogens is 2. The fourth-order valence-corrected chi connectivity index (χ4v) is 1.61. The van der Waals surface area contributed by atoms with Gasteiger partial charge < -0.3 is 10.6 Å². The monoisotopic (exact) mass is 264 g/mol. The maximum atomic E-state index is 11.8. The Labute approximate surface area is 115 Å². The molecule has 0 radical (unpaired) electrons. The second kappa shape index (κ2) is 7.71. The van der Waals surface area contributed by atoms with Gasteiger partial charge in [0.25, 0.3) is 0 Å². The summed E-state index contributed by atoms with van der Waals surface area (Å²) in [4.78, 5) is 20.2. The molecule has 0 bridgehead atoms. The van der Waals surface area contributed by atoms with Crippen molar-refractivity contribution in [3.8, 4) is 0 Å². The lowest BCUT2D eigenvalue weighted by Gasteiger charge is -2.15. The first-order chi connectivity index (χ1) is 9.02. The lowest BCUT2D eigenvalue weighted by Crippen LogP contribution is -2.39. The van der Waals surface area contributed by atoms with E-state index in [4.69, 9.17) is 0 Å². The molecule has 0 saturated carbocycles. The van der Waals surface area contributed by atoms with Gasteiger partial charge in [-0.1, -0.05) is 27.2 Å². The maximum Gasteiger partial charge on any atom is 0.242 e. The van der Waals surface area contributed by atoms with Crippen LogP contribution >= 0.6 is 0 Å². The molecule has 19 heavy (non-hydrogen) atoms. The van der Waals surface area contributed by atoms with Gasteiger partial charge in [-0.25, -0.2) is 9.97 Å². The van der Waals surface area contributed by atoms with E-state index in [1.165, 1.54) is 6.33 Å². The highest BCUT2D eigenvalue weighted by atomic mass is 16.2. The average molecular weight is 264 g/mol. The van der Waals surface area contributed by atoms with Crippen LogP contribution in [0.1, 0.15) is 39.8 Å². The van der Waals surface area contributed by atoms with Crippen molar-refractivity contribution >= 4 is 11.7 Å². The lowest BCUT2D eigenvalue weighted by atomic mass is 10.2. The zero-order valence-corrected chi connectivity index (χ0v) is 12.2. The molecule has 0 aromatic carbocycles. The third-order valence-electron chi connectivity index (χ3n) is 2.67. The van der Waals surface area contributed by atoms with E-state index < -0.39 is 0 Å². The largest absolute Gasteiger partial charge is 0.359 e. The summed E-state index contributed by atoms with van der Waals surface area (Å²) in [5.74, 6) is 1.14. The van der Waals surface area contributed by atoms with E-state index in [1.807, 2.05) is 13.0 Å². The zero-order chi connectivity index (χ0) is 14.3. The third kappa shape index (κ3) is 5.68. The number of nitrogens with one attached hydrogen (secondary N) is 2. The molecule has 0 aliphatic heterocycles. The number of hydrogen-bond acceptors (Lipinski definition) is 4. The number of hydrogen-bond donors (Lipinski definition) is 2. The summed E-state index contributed by atoms with van der Waals surface area (Å²) in [5, 5.41) is 6.00. The Morgan fingerprint density at radius 1 is 1.32 bits per heavy atom. The number of carbonyl (C=O) groups is 1. The van der Waals surface area contributed by atoms with E-state index in [1.54, 1.807) is 0 Å². The van der Waals surface area contributed by atoms with E-state index in [2.05, 4.69) is 41.4 Å². The Balaban J connectivity index is 2.53. The second-order valence-corrected chi connectivity index (χ2v) is 5.15. The zero-order valence-electron chi connectivity index (χ0n) is 12.2. The van der Waals surface area contributed by atoms with Crippen LogP contribution in [0.2, 0.25) is 0 Å². The maximum absolute atomic E-state index is 11.8. The van der Waals surface area contributed by atoms with E-state index in [9.17, 15) is 4.79 Å². The van der Waals surface area contributed by atoms with Crippen molar-refractivity contribution in [2.24, 2.45) is 5.92 Å². The van der Waals surface area contributed by atoms with Gasteiger partial charge in [0.15, 0.2) is 0 Å². The highest BCUT2D eigenvalue weighted by Gasteiger charge is 2.13. The number of amides is 1. The van der Waals surface area contributed by atoms with Gasteiger partial charge in [0, 0.05) is 18.3 Å². The Morgan fingerprint density at radius 3 is 2.68 bits per heavy atom. The third-order valence-corrected chi connectivity index (χ3v) is 2.67. The summed E-state index contributed by atoms with van der Waals surface area (Å²) in [7, 11) is 0. The van der Waals surface area contributed by atoms with Crippen LogP contribution in [-0.4, -0.2) is 28.5 Å². The average Bonchev–Trinajstić information content (AvgIpc) is 2.36. The van der Waals surface area contributed by atoms with Crippen LogP contribution < -0.4 is 10.6 Å². The van der Waals surface area contributed by atoms with Crippen LogP contribution in [0, 0.1) is 5.92 Å². The molecule has 5 heteroatoms. The minimum absolute atomic E-state index is 0.00986. The molecule has 0 spiro atoms. The molecule has 0 fully saturated rings. The molecular weight excluding hydrogens is 240 g/mol. The number of rotatable bonds is 7. The smallest absolute Gasteiger partial charge is 0.242 e. The molecule has 0 aliphatic rings. The van der Waals surface area contributed by atoms with E-state index >= 15 is 0 Å². The summed E-state index contributed by atoms with van der Waals surface area (Å²) in [6.45, 7) is 8.77. The Hall–Kier alpha value is -1.65. The Bertz CT molecular complexity index is 406. The van der Waals surface area contributed by atoms with Gasteiger partial charge in [-0.05, 0) is 19.3 Å². The molecule has 5 nitrogen and oxygen atoms in total. The molecule has 2 N–H and O–H groups in total. The van der Waals surface area contributed by atoms with Crippen LogP contribution in [0.5, 0.6) is 0 Å². The van der Waals surface area contributed by atoms with Crippen molar-refractivity contribution in [2.75, 3.05) is 11.9 Å².